The molecule has 0 fully saturated rings. The van der Waals surface area contributed by atoms with Gasteiger partial charge in [-0.25, -0.2) is 0 Å². The minimum Gasteiger partial charge on any atom is -0.508 e. The molecule has 1 rings (SSSR count). The Balaban J connectivity index is 2.53. The molecule has 1 aromatic rings. The molecule has 0 spiro atoms. The van der Waals surface area contributed by atoms with E-state index in [1.807, 2.05) is 19.9 Å². The van der Waals surface area contributed by atoms with Crippen LogP contribution in [0.25, 0.3) is 0 Å². The third-order valence-corrected chi connectivity index (χ3v) is 2.73. The maximum absolute atomic E-state index is 9.42. The van der Waals surface area contributed by atoms with Crippen LogP contribution >= 0.6 is 0 Å². The second kappa shape index (κ2) is 6.00. The molecule has 0 heterocycles. The van der Waals surface area contributed by atoms with Gasteiger partial charge in [-0.2, -0.15) is 0 Å². The smallest absolute Gasteiger partial charge is 0.121 e. The number of hydrogen-bond acceptors (Lipinski definition) is 4. The summed E-state index contributed by atoms with van der Waals surface area (Å²) in [6.45, 7) is 4.54. The van der Waals surface area contributed by atoms with Crippen molar-refractivity contribution in [2.45, 2.75) is 32.4 Å². The minimum absolute atomic E-state index is 0.0878. The molecule has 0 amide bonds. The number of aliphatic hydroxyl groups excluding tert-OH is 2. The predicted molar refractivity (Wildman–Crippen MR) is 66.9 cm³/mol. The van der Waals surface area contributed by atoms with E-state index in [0.717, 1.165) is 18.5 Å². The lowest BCUT2D eigenvalue weighted by atomic mass is 10.0. The number of benzene rings is 1. The first-order chi connectivity index (χ1) is 7.98. The summed E-state index contributed by atoms with van der Waals surface area (Å²) in [4.78, 5) is 0. The van der Waals surface area contributed by atoms with Crippen LogP contribution in [0, 0.1) is 0 Å². The summed E-state index contributed by atoms with van der Waals surface area (Å²) in [7, 11) is 0. The molecule has 0 aliphatic carbocycles. The standard InChI is InChI=1S/C13H21NO3/c1-13(2,9-16)14-6-5-10-3-4-12(17)11(7-10)8-15/h3-4,7,14-17H,5-6,8-9H2,1-2H3. The molecule has 4 nitrogen and oxygen atoms in total. The van der Waals surface area contributed by atoms with Gasteiger partial charge in [-0.05, 0) is 44.5 Å². The number of aromatic hydroxyl groups is 1. The summed E-state index contributed by atoms with van der Waals surface area (Å²) in [5.41, 5.74) is 1.31. The maximum Gasteiger partial charge on any atom is 0.121 e. The molecule has 0 unspecified atom stereocenters. The summed E-state index contributed by atoms with van der Waals surface area (Å²) < 4.78 is 0. The average molecular weight is 239 g/mol. The van der Waals surface area contributed by atoms with Gasteiger partial charge in [-0.1, -0.05) is 6.07 Å². The quantitative estimate of drug-likeness (QED) is 0.592. The molecule has 0 saturated heterocycles. The van der Waals surface area contributed by atoms with Gasteiger partial charge in [0, 0.05) is 11.1 Å². The Bertz CT molecular complexity index is 364. The second-order valence-corrected chi connectivity index (χ2v) is 4.84. The first kappa shape index (κ1) is 14.0. The zero-order valence-electron chi connectivity index (χ0n) is 10.4. The van der Waals surface area contributed by atoms with Crippen molar-refractivity contribution in [3.63, 3.8) is 0 Å². The predicted octanol–water partition coefficient (Wildman–Crippen LogP) is 0.787. The summed E-state index contributed by atoms with van der Waals surface area (Å²) in [6, 6.07) is 5.23. The fraction of sp³-hybridized carbons (Fsp3) is 0.538. The Labute approximate surface area is 102 Å². The number of rotatable bonds is 6. The summed E-state index contributed by atoms with van der Waals surface area (Å²) in [5, 5.41) is 30.8. The maximum atomic E-state index is 9.42. The molecular weight excluding hydrogens is 218 g/mol. The molecule has 1 aromatic carbocycles. The first-order valence-corrected chi connectivity index (χ1v) is 5.76. The molecule has 0 saturated carbocycles. The Morgan fingerprint density at radius 3 is 2.53 bits per heavy atom. The van der Waals surface area contributed by atoms with E-state index in [0.29, 0.717) is 5.56 Å². The van der Waals surface area contributed by atoms with Gasteiger partial charge in [0.05, 0.1) is 13.2 Å². The first-order valence-electron chi connectivity index (χ1n) is 5.76. The van der Waals surface area contributed by atoms with Crippen LogP contribution in [0.1, 0.15) is 25.0 Å². The summed E-state index contributed by atoms with van der Waals surface area (Å²) in [6.07, 6.45) is 0.788. The van der Waals surface area contributed by atoms with E-state index in [9.17, 15) is 5.11 Å². The lowest BCUT2D eigenvalue weighted by Gasteiger charge is -2.23. The lowest BCUT2D eigenvalue weighted by molar-refractivity contribution is 0.189. The van der Waals surface area contributed by atoms with Crippen molar-refractivity contribution in [1.82, 2.24) is 5.32 Å². The van der Waals surface area contributed by atoms with Gasteiger partial charge in [-0.15, -0.1) is 0 Å². The molecule has 0 aliphatic rings. The monoisotopic (exact) mass is 239 g/mol. The van der Waals surface area contributed by atoms with Crippen molar-refractivity contribution in [2.75, 3.05) is 13.2 Å². The highest BCUT2D eigenvalue weighted by Crippen LogP contribution is 2.18. The topological polar surface area (TPSA) is 72.7 Å². The Morgan fingerprint density at radius 2 is 1.94 bits per heavy atom. The van der Waals surface area contributed by atoms with E-state index in [-0.39, 0.29) is 24.5 Å². The van der Waals surface area contributed by atoms with Crippen LogP contribution in [0.2, 0.25) is 0 Å². The highest BCUT2D eigenvalue weighted by molar-refractivity contribution is 5.35. The molecule has 0 bridgehead atoms. The van der Waals surface area contributed by atoms with Crippen LogP contribution in [0.5, 0.6) is 5.75 Å². The van der Waals surface area contributed by atoms with Crippen LogP contribution in [-0.4, -0.2) is 34.0 Å². The van der Waals surface area contributed by atoms with E-state index in [1.165, 1.54) is 0 Å². The zero-order chi connectivity index (χ0) is 12.9. The largest absolute Gasteiger partial charge is 0.508 e. The number of aliphatic hydroxyl groups is 2. The third-order valence-electron chi connectivity index (χ3n) is 2.73. The van der Waals surface area contributed by atoms with Crippen LogP contribution in [-0.2, 0) is 13.0 Å². The molecule has 17 heavy (non-hydrogen) atoms. The average Bonchev–Trinajstić information content (AvgIpc) is 2.31. The summed E-state index contributed by atoms with van der Waals surface area (Å²) >= 11 is 0. The van der Waals surface area contributed by atoms with Crippen molar-refractivity contribution in [3.05, 3.63) is 29.3 Å². The Hall–Kier alpha value is -1.10. The minimum atomic E-state index is -0.281. The molecule has 0 radical (unpaired) electrons. The van der Waals surface area contributed by atoms with Crippen LogP contribution in [0.3, 0.4) is 0 Å². The van der Waals surface area contributed by atoms with Crippen LogP contribution in [0.4, 0.5) is 0 Å². The number of hydrogen-bond donors (Lipinski definition) is 4. The van der Waals surface area contributed by atoms with Crippen LogP contribution < -0.4 is 5.32 Å². The van der Waals surface area contributed by atoms with Crippen molar-refractivity contribution >= 4 is 0 Å². The molecule has 0 aliphatic heterocycles. The van der Waals surface area contributed by atoms with Crippen molar-refractivity contribution in [1.29, 1.82) is 0 Å². The van der Waals surface area contributed by atoms with Gasteiger partial charge in [0.25, 0.3) is 0 Å². The highest BCUT2D eigenvalue weighted by Gasteiger charge is 2.14. The van der Waals surface area contributed by atoms with Gasteiger partial charge in [0.15, 0.2) is 0 Å². The van der Waals surface area contributed by atoms with Gasteiger partial charge >= 0.3 is 0 Å². The second-order valence-electron chi connectivity index (χ2n) is 4.84. The van der Waals surface area contributed by atoms with Crippen molar-refractivity contribution in [3.8, 4) is 5.75 Å². The van der Waals surface area contributed by atoms with E-state index in [2.05, 4.69) is 5.32 Å². The fourth-order valence-corrected chi connectivity index (χ4v) is 1.52. The molecule has 96 valence electrons. The Kier molecular flexibility index (Phi) is 4.93. The van der Waals surface area contributed by atoms with Crippen molar-refractivity contribution in [2.24, 2.45) is 0 Å². The Morgan fingerprint density at radius 1 is 1.24 bits per heavy atom. The van der Waals surface area contributed by atoms with Gasteiger partial charge in [-0.3, -0.25) is 0 Å². The van der Waals surface area contributed by atoms with E-state index >= 15 is 0 Å². The SMILES string of the molecule is CC(C)(CO)NCCc1ccc(O)c(CO)c1. The number of phenols is 1. The highest BCUT2D eigenvalue weighted by atomic mass is 16.3. The van der Waals surface area contributed by atoms with E-state index in [1.54, 1.807) is 12.1 Å². The molecule has 0 atom stereocenters. The number of nitrogens with one attached hydrogen (secondary N) is 1. The van der Waals surface area contributed by atoms with Crippen molar-refractivity contribution < 1.29 is 15.3 Å². The fourth-order valence-electron chi connectivity index (χ4n) is 1.52. The normalized spacial score (nSPS) is 11.8. The molecular formula is C13H21NO3. The van der Waals surface area contributed by atoms with E-state index < -0.39 is 0 Å². The third kappa shape index (κ3) is 4.34. The molecule has 4 heteroatoms. The van der Waals surface area contributed by atoms with Crippen LogP contribution in [0.15, 0.2) is 18.2 Å². The molecule has 4 N–H and O–H groups in total. The molecule has 0 aromatic heterocycles. The van der Waals surface area contributed by atoms with Gasteiger partial charge in [0.2, 0.25) is 0 Å². The van der Waals surface area contributed by atoms with E-state index in [4.69, 9.17) is 10.2 Å². The lowest BCUT2D eigenvalue weighted by Crippen LogP contribution is -2.43. The summed E-state index contributed by atoms with van der Waals surface area (Å²) in [5.74, 6) is 0.125. The zero-order valence-corrected chi connectivity index (χ0v) is 10.4. The van der Waals surface area contributed by atoms with Gasteiger partial charge < -0.3 is 20.6 Å². The van der Waals surface area contributed by atoms with Gasteiger partial charge in [0.1, 0.15) is 5.75 Å².